The van der Waals surface area contributed by atoms with Crippen LogP contribution in [0.2, 0.25) is 0 Å². The van der Waals surface area contributed by atoms with Crippen LogP contribution < -0.4 is 0 Å². The third kappa shape index (κ3) is 2.86. The molecule has 2 aromatic carbocycles. The summed E-state index contributed by atoms with van der Waals surface area (Å²) in [6.07, 6.45) is 5.94. The van der Waals surface area contributed by atoms with Gasteiger partial charge in [-0.2, -0.15) is 0 Å². The maximum Gasteiger partial charge on any atom is 0.0736 e. The number of rotatable bonds is 3. The van der Waals surface area contributed by atoms with Gasteiger partial charge >= 0.3 is 0 Å². The number of hydrogen-bond acceptors (Lipinski definition) is 2. The second-order valence-corrected chi connectivity index (χ2v) is 7.62. The first-order valence-electron chi connectivity index (χ1n) is 9.31. The Morgan fingerprint density at radius 1 is 0.692 bits per heavy atom. The average Bonchev–Trinajstić information content (AvgIpc) is 2.65. The number of nitrogens with zero attached hydrogens (tertiary/aromatic N) is 2. The Labute approximate surface area is 154 Å². The van der Waals surface area contributed by atoms with Crippen molar-refractivity contribution < 1.29 is 0 Å². The number of benzene rings is 2. The fraction of sp³-hybridized carbons (Fsp3) is 0.250. The molecule has 130 valence electrons. The van der Waals surface area contributed by atoms with Crippen LogP contribution in [0, 0.1) is 0 Å². The molecule has 2 aromatic heterocycles. The van der Waals surface area contributed by atoms with Gasteiger partial charge in [0.2, 0.25) is 0 Å². The van der Waals surface area contributed by atoms with E-state index in [1.165, 1.54) is 32.8 Å². The monoisotopic (exact) mass is 340 g/mol. The molecule has 26 heavy (non-hydrogen) atoms. The van der Waals surface area contributed by atoms with E-state index < -0.39 is 0 Å². The Kier molecular flexibility index (Phi) is 4.20. The minimum absolute atomic E-state index is 0.449. The smallest absolute Gasteiger partial charge is 0.0736 e. The third-order valence-electron chi connectivity index (χ3n) is 5.11. The lowest BCUT2D eigenvalue weighted by atomic mass is 9.94. The predicted molar refractivity (Wildman–Crippen MR) is 111 cm³/mol. The second kappa shape index (κ2) is 6.53. The summed E-state index contributed by atoms with van der Waals surface area (Å²) in [5.74, 6) is 0.920. The van der Waals surface area contributed by atoms with Crippen molar-refractivity contribution in [3.8, 4) is 11.1 Å². The van der Waals surface area contributed by atoms with E-state index in [9.17, 15) is 0 Å². The van der Waals surface area contributed by atoms with Crippen LogP contribution in [0.3, 0.4) is 0 Å². The molecular weight excluding hydrogens is 316 g/mol. The lowest BCUT2D eigenvalue weighted by Gasteiger charge is -2.12. The van der Waals surface area contributed by atoms with E-state index in [4.69, 9.17) is 4.98 Å². The van der Waals surface area contributed by atoms with Crippen molar-refractivity contribution in [2.45, 2.75) is 39.5 Å². The van der Waals surface area contributed by atoms with Crippen molar-refractivity contribution in [2.24, 2.45) is 0 Å². The molecule has 0 radical (unpaired) electrons. The fourth-order valence-corrected chi connectivity index (χ4v) is 3.63. The molecule has 0 N–H and O–H groups in total. The number of hydrogen-bond donors (Lipinski definition) is 0. The summed E-state index contributed by atoms with van der Waals surface area (Å²) in [5.41, 5.74) is 6.07. The summed E-state index contributed by atoms with van der Waals surface area (Å²) in [5, 5.41) is 3.67. The highest BCUT2D eigenvalue weighted by molar-refractivity contribution is 5.91. The lowest BCUT2D eigenvalue weighted by molar-refractivity contribution is 0.869. The summed E-state index contributed by atoms with van der Waals surface area (Å²) >= 11 is 0. The molecule has 0 saturated carbocycles. The van der Waals surface area contributed by atoms with Gasteiger partial charge < -0.3 is 0 Å². The van der Waals surface area contributed by atoms with E-state index in [0.717, 1.165) is 11.1 Å². The quantitative estimate of drug-likeness (QED) is 0.415. The second-order valence-electron chi connectivity index (χ2n) is 7.62. The molecule has 0 amide bonds. The molecule has 0 atom stereocenters. The molecule has 4 rings (SSSR count). The Morgan fingerprint density at radius 3 is 2.27 bits per heavy atom. The number of aromatic nitrogens is 2. The van der Waals surface area contributed by atoms with Crippen LogP contribution >= 0.6 is 0 Å². The lowest BCUT2D eigenvalue weighted by Crippen LogP contribution is -1.93. The largest absolute Gasteiger partial charge is 0.264 e. The number of pyridine rings is 2. The highest BCUT2D eigenvalue weighted by Gasteiger charge is 2.10. The SMILES string of the molecule is CC(C)c1cncc2ccc(-c3cnc4c(C(C)C)cccc4c3)cc12. The van der Waals surface area contributed by atoms with Crippen molar-refractivity contribution in [3.63, 3.8) is 0 Å². The standard InChI is InChI=1S/C24H24N2/c1-15(2)21-7-5-6-18-10-20(13-26-24(18)21)17-8-9-19-12-25-14-23(16(3)4)22(19)11-17/h5-16H,1-4H3. The Bertz CT molecular complexity index is 1090. The van der Waals surface area contributed by atoms with E-state index in [-0.39, 0.29) is 0 Å². The topological polar surface area (TPSA) is 25.8 Å². The normalized spacial score (nSPS) is 11.8. The zero-order valence-corrected chi connectivity index (χ0v) is 15.8. The van der Waals surface area contributed by atoms with E-state index >= 15 is 0 Å². The highest BCUT2D eigenvalue weighted by Crippen LogP contribution is 2.31. The third-order valence-corrected chi connectivity index (χ3v) is 5.11. The van der Waals surface area contributed by atoms with Gasteiger partial charge in [0.15, 0.2) is 0 Å². The van der Waals surface area contributed by atoms with Crippen LogP contribution in [0.1, 0.15) is 50.7 Å². The van der Waals surface area contributed by atoms with Gasteiger partial charge in [-0.25, -0.2) is 0 Å². The molecule has 0 aliphatic rings. The van der Waals surface area contributed by atoms with Crippen LogP contribution in [0.5, 0.6) is 0 Å². The van der Waals surface area contributed by atoms with Crippen molar-refractivity contribution in [1.29, 1.82) is 0 Å². The van der Waals surface area contributed by atoms with E-state index in [0.29, 0.717) is 11.8 Å². The van der Waals surface area contributed by atoms with Gasteiger partial charge in [0, 0.05) is 34.9 Å². The van der Waals surface area contributed by atoms with E-state index in [2.05, 4.69) is 75.1 Å². The molecule has 0 fully saturated rings. The van der Waals surface area contributed by atoms with Crippen LogP contribution in [0.15, 0.2) is 61.1 Å². The van der Waals surface area contributed by atoms with Gasteiger partial charge in [0.25, 0.3) is 0 Å². The Hall–Kier alpha value is -2.74. The molecule has 0 spiro atoms. The molecule has 2 heteroatoms. The van der Waals surface area contributed by atoms with Gasteiger partial charge in [-0.05, 0) is 46.0 Å². The first-order chi connectivity index (χ1) is 12.5. The van der Waals surface area contributed by atoms with Crippen LogP contribution in [-0.2, 0) is 0 Å². The van der Waals surface area contributed by atoms with Gasteiger partial charge in [-0.15, -0.1) is 0 Å². The predicted octanol–water partition coefficient (Wildman–Crippen LogP) is 6.70. The zero-order valence-electron chi connectivity index (χ0n) is 15.8. The minimum Gasteiger partial charge on any atom is -0.264 e. The molecule has 2 heterocycles. The van der Waals surface area contributed by atoms with Gasteiger partial charge in [-0.1, -0.05) is 58.0 Å². The molecule has 0 aliphatic heterocycles. The molecule has 4 aromatic rings. The summed E-state index contributed by atoms with van der Waals surface area (Å²) in [7, 11) is 0. The first kappa shape index (κ1) is 16.7. The molecule has 0 saturated heterocycles. The average molecular weight is 340 g/mol. The summed E-state index contributed by atoms with van der Waals surface area (Å²) in [4.78, 5) is 9.20. The first-order valence-corrected chi connectivity index (χ1v) is 9.31. The number of para-hydroxylation sites is 1. The van der Waals surface area contributed by atoms with Crippen LogP contribution in [0.4, 0.5) is 0 Å². The molecule has 0 bridgehead atoms. The minimum atomic E-state index is 0.449. The van der Waals surface area contributed by atoms with Crippen LogP contribution in [-0.4, -0.2) is 9.97 Å². The van der Waals surface area contributed by atoms with Gasteiger partial charge in [0.05, 0.1) is 5.52 Å². The fourth-order valence-electron chi connectivity index (χ4n) is 3.63. The van der Waals surface area contributed by atoms with E-state index in [1.54, 1.807) is 0 Å². The zero-order chi connectivity index (χ0) is 18.3. The van der Waals surface area contributed by atoms with Gasteiger partial charge in [-0.3, -0.25) is 9.97 Å². The molecule has 2 nitrogen and oxygen atoms in total. The highest BCUT2D eigenvalue weighted by atomic mass is 14.7. The molecule has 0 aliphatic carbocycles. The summed E-state index contributed by atoms with van der Waals surface area (Å²) in [6.45, 7) is 8.87. The summed E-state index contributed by atoms with van der Waals surface area (Å²) < 4.78 is 0. The molecule has 0 unspecified atom stereocenters. The van der Waals surface area contributed by atoms with Crippen molar-refractivity contribution >= 4 is 21.7 Å². The maximum atomic E-state index is 4.80. The van der Waals surface area contributed by atoms with Crippen molar-refractivity contribution in [3.05, 3.63) is 72.2 Å². The maximum absolute atomic E-state index is 4.80. The van der Waals surface area contributed by atoms with Crippen LogP contribution in [0.25, 0.3) is 32.8 Å². The summed E-state index contributed by atoms with van der Waals surface area (Å²) in [6, 6.07) is 15.3. The van der Waals surface area contributed by atoms with Gasteiger partial charge in [0.1, 0.15) is 0 Å². The Morgan fingerprint density at radius 2 is 1.50 bits per heavy atom. The number of fused-ring (bicyclic) bond motifs is 2. The van der Waals surface area contributed by atoms with Crippen molar-refractivity contribution in [1.82, 2.24) is 9.97 Å². The van der Waals surface area contributed by atoms with Crippen molar-refractivity contribution in [2.75, 3.05) is 0 Å². The molecular formula is C24H24N2. The van der Waals surface area contributed by atoms with E-state index in [1.807, 2.05) is 18.6 Å². The Balaban J connectivity index is 1.88.